The molecule has 12 heteroatoms. The van der Waals surface area contributed by atoms with Crippen LogP contribution in [0.15, 0.2) is 23.1 Å². The van der Waals surface area contributed by atoms with Gasteiger partial charge >= 0.3 is 5.97 Å². The van der Waals surface area contributed by atoms with Gasteiger partial charge in [-0.25, -0.2) is 13.2 Å². The topological polar surface area (TPSA) is 145 Å². The van der Waals surface area contributed by atoms with Crippen molar-refractivity contribution in [3.05, 3.63) is 39.8 Å². The second-order valence-corrected chi connectivity index (χ2v) is 11.4. The predicted molar refractivity (Wildman–Crippen MR) is 129 cm³/mol. The second-order valence-electron chi connectivity index (χ2n) is 8.38. The molecule has 1 aliphatic heterocycles. The van der Waals surface area contributed by atoms with Gasteiger partial charge in [0.1, 0.15) is 15.6 Å². The molecule has 1 fully saturated rings. The van der Waals surface area contributed by atoms with Crippen molar-refractivity contribution < 1.29 is 32.3 Å². The van der Waals surface area contributed by atoms with Crippen LogP contribution in [0.1, 0.15) is 56.8 Å². The number of fused-ring (bicyclic) bond motifs is 1. The highest BCUT2D eigenvalue weighted by Gasteiger charge is 2.31. The summed E-state index contributed by atoms with van der Waals surface area (Å²) in [6, 6.07) is 3.96. The molecular formula is C23H27N3O7S2. The maximum absolute atomic E-state index is 13.0. The summed E-state index contributed by atoms with van der Waals surface area (Å²) >= 11 is 1.31. The van der Waals surface area contributed by atoms with Crippen LogP contribution in [0, 0.1) is 0 Å². The van der Waals surface area contributed by atoms with Gasteiger partial charge in [0.25, 0.3) is 11.8 Å². The summed E-state index contributed by atoms with van der Waals surface area (Å²) in [6.45, 7) is 0.194. The number of nitrogens with one attached hydrogen (secondary N) is 1. The molecule has 0 saturated carbocycles. The molecule has 2 aliphatic rings. The Kier molecular flexibility index (Phi) is 7.43. The number of methoxy groups -OCH3 is 1. The van der Waals surface area contributed by atoms with Gasteiger partial charge in [-0.05, 0) is 62.3 Å². The summed E-state index contributed by atoms with van der Waals surface area (Å²) in [5.74, 6) is -1.98. The van der Waals surface area contributed by atoms with Crippen LogP contribution in [0.3, 0.4) is 0 Å². The maximum atomic E-state index is 13.0. The van der Waals surface area contributed by atoms with Crippen molar-refractivity contribution in [1.82, 2.24) is 4.31 Å². The Morgan fingerprint density at radius 1 is 1.11 bits per heavy atom. The van der Waals surface area contributed by atoms with Crippen molar-refractivity contribution >= 4 is 44.1 Å². The van der Waals surface area contributed by atoms with Crippen molar-refractivity contribution in [2.75, 3.05) is 32.1 Å². The molecule has 1 aromatic heterocycles. The number of hydrogen-bond donors (Lipinski definition) is 2. The lowest BCUT2D eigenvalue weighted by Gasteiger charge is -2.18. The van der Waals surface area contributed by atoms with Crippen molar-refractivity contribution in [2.45, 2.75) is 43.4 Å². The quantitative estimate of drug-likeness (QED) is 0.507. The number of esters is 1. The molecule has 2 amide bonds. The van der Waals surface area contributed by atoms with Gasteiger partial charge in [-0.3, -0.25) is 9.59 Å². The second kappa shape index (κ2) is 10.3. The van der Waals surface area contributed by atoms with Crippen molar-refractivity contribution in [3.63, 3.8) is 0 Å². The van der Waals surface area contributed by atoms with Gasteiger partial charge in [0.2, 0.25) is 10.0 Å². The number of carbonyl (C=O) groups is 3. The number of sulfonamides is 1. The molecule has 0 bridgehead atoms. The van der Waals surface area contributed by atoms with Crippen LogP contribution in [0.25, 0.3) is 0 Å². The average molecular weight is 522 g/mol. The number of hydrogen-bond acceptors (Lipinski definition) is 8. The number of benzene rings is 1. The van der Waals surface area contributed by atoms with Gasteiger partial charge in [0, 0.05) is 18.0 Å². The Hall–Kier alpha value is -2.96. The minimum Gasteiger partial charge on any atom is -0.495 e. The molecule has 1 aliphatic carbocycles. The molecule has 1 saturated heterocycles. The lowest BCUT2D eigenvalue weighted by molar-refractivity contribution is -0.119. The van der Waals surface area contributed by atoms with E-state index >= 15 is 0 Å². The summed E-state index contributed by atoms with van der Waals surface area (Å²) in [7, 11) is -2.49. The van der Waals surface area contributed by atoms with Crippen LogP contribution in [-0.4, -0.2) is 57.3 Å². The van der Waals surface area contributed by atoms with Crippen LogP contribution in [-0.2, 0) is 32.4 Å². The fraction of sp³-hybridized carbons (Fsp3) is 0.435. The molecule has 0 unspecified atom stereocenters. The molecule has 3 N–H and O–H groups in total. The molecule has 0 radical (unpaired) electrons. The third-order valence-corrected chi connectivity index (χ3v) is 9.21. The van der Waals surface area contributed by atoms with E-state index in [1.807, 2.05) is 0 Å². The Labute approximate surface area is 207 Å². The zero-order chi connectivity index (χ0) is 25.2. The summed E-state index contributed by atoms with van der Waals surface area (Å²) in [5, 5.41) is 2.98. The first-order valence-corrected chi connectivity index (χ1v) is 13.6. The molecule has 10 nitrogen and oxygen atoms in total. The van der Waals surface area contributed by atoms with Gasteiger partial charge in [0.15, 0.2) is 6.61 Å². The van der Waals surface area contributed by atoms with E-state index in [-0.39, 0.29) is 16.2 Å². The van der Waals surface area contributed by atoms with E-state index in [1.165, 1.54) is 41.0 Å². The number of carbonyl (C=O) groups excluding carboxylic acids is 3. The number of ether oxygens (including phenoxy) is 2. The Bertz CT molecular complexity index is 1260. The monoisotopic (exact) mass is 521 g/mol. The molecule has 0 spiro atoms. The van der Waals surface area contributed by atoms with Gasteiger partial charge in [-0.15, -0.1) is 11.3 Å². The number of rotatable bonds is 8. The summed E-state index contributed by atoms with van der Waals surface area (Å²) in [6.07, 6.45) is 5.05. The van der Waals surface area contributed by atoms with Gasteiger partial charge < -0.3 is 20.5 Å². The van der Waals surface area contributed by atoms with Crippen LogP contribution in [0.4, 0.5) is 5.00 Å². The fourth-order valence-electron chi connectivity index (χ4n) is 4.36. The molecular weight excluding hydrogens is 494 g/mol. The molecule has 188 valence electrons. The number of aryl methyl sites for hydroxylation is 1. The van der Waals surface area contributed by atoms with Crippen molar-refractivity contribution in [1.29, 1.82) is 0 Å². The highest BCUT2D eigenvalue weighted by molar-refractivity contribution is 7.89. The average Bonchev–Trinajstić information content (AvgIpc) is 3.50. The first-order valence-electron chi connectivity index (χ1n) is 11.3. The first kappa shape index (κ1) is 25.1. The zero-order valence-corrected chi connectivity index (χ0v) is 20.9. The van der Waals surface area contributed by atoms with E-state index in [9.17, 15) is 22.8 Å². The van der Waals surface area contributed by atoms with E-state index < -0.39 is 34.4 Å². The van der Waals surface area contributed by atoms with E-state index in [2.05, 4.69) is 5.32 Å². The molecule has 2 aromatic rings. The summed E-state index contributed by atoms with van der Waals surface area (Å²) in [5.41, 5.74) is 6.71. The van der Waals surface area contributed by atoms with Crippen LogP contribution >= 0.6 is 11.3 Å². The van der Waals surface area contributed by atoms with E-state index in [0.717, 1.165) is 49.0 Å². The molecule has 0 atom stereocenters. The van der Waals surface area contributed by atoms with Gasteiger partial charge in [0.05, 0.1) is 18.2 Å². The minimum atomic E-state index is -3.85. The molecule has 35 heavy (non-hydrogen) atoms. The Morgan fingerprint density at radius 3 is 2.51 bits per heavy atom. The van der Waals surface area contributed by atoms with E-state index in [1.54, 1.807) is 0 Å². The lowest BCUT2D eigenvalue weighted by atomic mass is 9.95. The summed E-state index contributed by atoms with van der Waals surface area (Å²) in [4.78, 5) is 38.0. The van der Waals surface area contributed by atoms with Gasteiger partial charge in [-0.2, -0.15) is 4.31 Å². The third kappa shape index (κ3) is 5.19. The SMILES string of the molecule is COc1ccc(C(=O)OCC(=O)Nc2sc3c(c2C(N)=O)CCCC3)cc1S(=O)(=O)N1CCCC1. The highest BCUT2D eigenvalue weighted by atomic mass is 32.2. The number of primary amides is 1. The number of anilines is 1. The smallest absolute Gasteiger partial charge is 0.338 e. The van der Waals surface area contributed by atoms with Crippen molar-refractivity contribution in [3.8, 4) is 5.75 Å². The van der Waals surface area contributed by atoms with E-state index in [4.69, 9.17) is 15.2 Å². The first-order chi connectivity index (χ1) is 16.7. The zero-order valence-electron chi connectivity index (χ0n) is 19.3. The van der Waals surface area contributed by atoms with Crippen LogP contribution in [0.2, 0.25) is 0 Å². The van der Waals surface area contributed by atoms with Crippen molar-refractivity contribution in [2.24, 2.45) is 5.73 Å². The Morgan fingerprint density at radius 2 is 1.83 bits per heavy atom. The lowest BCUT2D eigenvalue weighted by Crippen LogP contribution is -2.28. The number of thiophene rings is 1. The largest absolute Gasteiger partial charge is 0.495 e. The maximum Gasteiger partial charge on any atom is 0.338 e. The van der Waals surface area contributed by atoms with Crippen LogP contribution in [0.5, 0.6) is 5.75 Å². The number of nitrogens with zero attached hydrogens (tertiary/aromatic N) is 1. The molecule has 1 aromatic carbocycles. The van der Waals surface area contributed by atoms with Gasteiger partial charge in [-0.1, -0.05) is 0 Å². The van der Waals surface area contributed by atoms with E-state index in [0.29, 0.717) is 23.7 Å². The third-order valence-electron chi connectivity index (χ3n) is 6.09. The normalized spacial score (nSPS) is 15.9. The fourth-order valence-corrected chi connectivity index (χ4v) is 7.37. The highest BCUT2D eigenvalue weighted by Crippen LogP contribution is 2.38. The minimum absolute atomic E-state index is 0.0271. The number of amides is 2. The Balaban J connectivity index is 1.46. The standard InChI is InChI=1S/C23H27N3O7S2/c1-32-16-9-8-14(12-18(16)35(30,31)26-10-4-5-11-26)23(29)33-13-19(27)25-22-20(21(24)28)15-6-2-3-7-17(15)34-22/h8-9,12H,2-7,10-11,13H2,1H3,(H2,24,28)(H,25,27). The predicted octanol–water partition coefficient (Wildman–Crippen LogP) is 2.31. The summed E-state index contributed by atoms with van der Waals surface area (Å²) < 4.78 is 37.7. The molecule has 2 heterocycles. The number of nitrogens with two attached hydrogens (primary N) is 1. The van der Waals surface area contributed by atoms with Crippen LogP contribution < -0.4 is 15.8 Å². The molecule has 4 rings (SSSR count).